The van der Waals surface area contributed by atoms with Gasteiger partial charge in [-0.3, -0.25) is 0 Å². The molecule has 1 aromatic heterocycles. The second kappa shape index (κ2) is 7.52. The minimum absolute atomic E-state index is 0.148. The van der Waals surface area contributed by atoms with Crippen LogP contribution in [0.15, 0.2) is 40.3 Å². The summed E-state index contributed by atoms with van der Waals surface area (Å²) in [7, 11) is 0. The van der Waals surface area contributed by atoms with Gasteiger partial charge in [0.05, 0.1) is 5.01 Å². The number of aromatic nitrogens is 1. The molecule has 2 rings (SSSR count). The van der Waals surface area contributed by atoms with Gasteiger partial charge in [0.2, 0.25) is 0 Å². The fraction of sp³-hybridized carbons (Fsp3) is 0.471. The van der Waals surface area contributed by atoms with Crippen LogP contribution in [-0.4, -0.2) is 17.1 Å². The van der Waals surface area contributed by atoms with Crippen molar-refractivity contribution in [3.05, 3.63) is 50.9 Å². The molecular weight excluding hydrogens is 344 g/mol. The highest BCUT2D eigenvalue weighted by molar-refractivity contribution is 9.10. The molecular formula is C17H23BrN2S. The van der Waals surface area contributed by atoms with Gasteiger partial charge in [-0.25, -0.2) is 4.98 Å². The number of hydrogen-bond acceptors (Lipinski definition) is 3. The normalized spacial score (nSPS) is 13.3. The monoisotopic (exact) mass is 366 g/mol. The average Bonchev–Trinajstić information content (AvgIpc) is 2.90. The summed E-state index contributed by atoms with van der Waals surface area (Å²) in [6, 6.07) is 8.50. The van der Waals surface area contributed by atoms with E-state index in [9.17, 15) is 0 Å². The average molecular weight is 367 g/mol. The van der Waals surface area contributed by atoms with Gasteiger partial charge in [0.15, 0.2) is 0 Å². The summed E-state index contributed by atoms with van der Waals surface area (Å²) in [5.74, 6) is 0.550. The molecule has 2 nitrogen and oxygen atoms in total. The molecule has 0 bridgehead atoms. The Morgan fingerprint density at radius 2 is 2.00 bits per heavy atom. The van der Waals surface area contributed by atoms with Crippen LogP contribution in [-0.2, 0) is 12.8 Å². The molecule has 0 amide bonds. The highest BCUT2D eigenvalue weighted by Crippen LogP contribution is 2.22. The summed E-state index contributed by atoms with van der Waals surface area (Å²) in [5, 5.41) is 6.92. The van der Waals surface area contributed by atoms with Crippen LogP contribution in [0.1, 0.15) is 31.3 Å². The summed E-state index contributed by atoms with van der Waals surface area (Å²) in [6.45, 7) is 7.65. The summed E-state index contributed by atoms with van der Waals surface area (Å²) in [6.07, 6.45) is 3.98. The molecule has 0 aliphatic heterocycles. The van der Waals surface area contributed by atoms with Crippen molar-refractivity contribution < 1.29 is 0 Å². The minimum atomic E-state index is 0.148. The maximum atomic E-state index is 4.44. The van der Waals surface area contributed by atoms with Gasteiger partial charge in [0, 0.05) is 28.0 Å². The smallest absolute Gasteiger partial charge is 0.0928 e. The zero-order valence-electron chi connectivity index (χ0n) is 12.9. The van der Waals surface area contributed by atoms with E-state index in [0.29, 0.717) is 5.92 Å². The van der Waals surface area contributed by atoms with Gasteiger partial charge in [-0.05, 0) is 51.3 Å². The minimum Gasteiger partial charge on any atom is -0.312 e. The van der Waals surface area contributed by atoms with E-state index in [1.54, 1.807) is 11.3 Å². The molecule has 2 aromatic rings. The van der Waals surface area contributed by atoms with Crippen molar-refractivity contribution in [2.45, 2.75) is 39.2 Å². The van der Waals surface area contributed by atoms with E-state index in [1.165, 1.54) is 15.0 Å². The molecule has 0 aliphatic rings. The highest BCUT2D eigenvalue weighted by atomic mass is 79.9. The first-order chi connectivity index (χ1) is 9.94. The van der Waals surface area contributed by atoms with E-state index >= 15 is 0 Å². The zero-order valence-corrected chi connectivity index (χ0v) is 15.3. The van der Waals surface area contributed by atoms with Crippen molar-refractivity contribution in [3.8, 4) is 0 Å². The third kappa shape index (κ3) is 5.89. The molecule has 114 valence electrons. The molecule has 1 heterocycles. The van der Waals surface area contributed by atoms with Crippen LogP contribution in [0.2, 0.25) is 0 Å². The number of nitrogens with zero attached hydrogens (tertiary/aromatic N) is 1. The Bertz CT molecular complexity index is 546. The van der Waals surface area contributed by atoms with Crippen molar-refractivity contribution in [2.75, 3.05) is 6.54 Å². The molecule has 1 N–H and O–H groups in total. The number of halogens is 1. The molecule has 0 saturated carbocycles. The number of benzene rings is 1. The largest absolute Gasteiger partial charge is 0.312 e. The molecule has 21 heavy (non-hydrogen) atoms. The van der Waals surface area contributed by atoms with Gasteiger partial charge in [-0.2, -0.15) is 0 Å². The molecule has 0 aliphatic carbocycles. The maximum absolute atomic E-state index is 4.44. The van der Waals surface area contributed by atoms with E-state index < -0.39 is 0 Å². The van der Waals surface area contributed by atoms with Crippen LogP contribution >= 0.6 is 27.3 Å². The second-order valence-corrected chi connectivity index (χ2v) is 8.26. The SMILES string of the molecule is CC(C)(C)NCC(Cc1nccs1)Cc1ccccc1Br. The van der Waals surface area contributed by atoms with Gasteiger partial charge in [-0.1, -0.05) is 34.1 Å². The predicted molar refractivity (Wildman–Crippen MR) is 94.9 cm³/mol. The topological polar surface area (TPSA) is 24.9 Å². The lowest BCUT2D eigenvalue weighted by Crippen LogP contribution is -2.40. The number of rotatable bonds is 6. The standard InChI is InChI=1S/C17H23BrN2S/c1-17(2,3)20-12-13(11-16-19-8-9-21-16)10-14-6-4-5-7-15(14)18/h4-9,13,20H,10-12H2,1-3H3. The lowest BCUT2D eigenvalue weighted by Gasteiger charge is -2.25. The zero-order chi connectivity index (χ0) is 15.3. The highest BCUT2D eigenvalue weighted by Gasteiger charge is 2.17. The number of thiazole rings is 1. The maximum Gasteiger partial charge on any atom is 0.0928 e. The van der Waals surface area contributed by atoms with Crippen LogP contribution in [0, 0.1) is 5.92 Å². The molecule has 0 spiro atoms. The Balaban J connectivity index is 2.06. The van der Waals surface area contributed by atoms with Gasteiger partial charge >= 0.3 is 0 Å². The van der Waals surface area contributed by atoms with Crippen LogP contribution in [0.4, 0.5) is 0 Å². The second-order valence-electron chi connectivity index (χ2n) is 6.42. The first-order valence-corrected chi connectivity index (χ1v) is 8.98. The lowest BCUT2D eigenvalue weighted by atomic mass is 9.95. The van der Waals surface area contributed by atoms with Crippen molar-refractivity contribution in [2.24, 2.45) is 5.92 Å². The molecule has 1 aromatic carbocycles. The molecule has 1 unspecified atom stereocenters. The van der Waals surface area contributed by atoms with E-state index in [-0.39, 0.29) is 5.54 Å². The van der Waals surface area contributed by atoms with E-state index in [0.717, 1.165) is 19.4 Å². The Morgan fingerprint density at radius 3 is 2.62 bits per heavy atom. The van der Waals surface area contributed by atoms with Crippen molar-refractivity contribution >= 4 is 27.3 Å². The lowest BCUT2D eigenvalue weighted by molar-refractivity contribution is 0.366. The Hall–Kier alpha value is -0.710. The van der Waals surface area contributed by atoms with Crippen molar-refractivity contribution in [1.29, 1.82) is 0 Å². The molecule has 0 saturated heterocycles. The number of nitrogens with one attached hydrogen (secondary N) is 1. The molecule has 1 atom stereocenters. The van der Waals surface area contributed by atoms with E-state index in [1.807, 2.05) is 6.20 Å². The van der Waals surface area contributed by atoms with Crippen LogP contribution < -0.4 is 5.32 Å². The van der Waals surface area contributed by atoms with Crippen molar-refractivity contribution in [3.63, 3.8) is 0 Å². The third-order valence-corrected chi connectivity index (χ3v) is 4.91. The number of hydrogen-bond donors (Lipinski definition) is 1. The fourth-order valence-electron chi connectivity index (χ4n) is 2.24. The van der Waals surface area contributed by atoms with Crippen LogP contribution in [0.5, 0.6) is 0 Å². The predicted octanol–water partition coefficient (Wildman–Crippen LogP) is 4.70. The van der Waals surface area contributed by atoms with E-state index in [4.69, 9.17) is 0 Å². The Kier molecular flexibility index (Phi) is 5.97. The van der Waals surface area contributed by atoms with Gasteiger partial charge in [0.1, 0.15) is 0 Å². The summed E-state index contributed by atoms with van der Waals surface area (Å²) >= 11 is 5.41. The first-order valence-electron chi connectivity index (χ1n) is 7.31. The van der Waals surface area contributed by atoms with E-state index in [2.05, 4.69) is 76.6 Å². The van der Waals surface area contributed by atoms with Gasteiger partial charge in [-0.15, -0.1) is 11.3 Å². The molecule has 4 heteroatoms. The quantitative estimate of drug-likeness (QED) is 0.801. The summed E-state index contributed by atoms with van der Waals surface area (Å²) < 4.78 is 1.20. The first kappa shape index (κ1) is 16.7. The fourth-order valence-corrected chi connectivity index (χ4v) is 3.42. The van der Waals surface area contributed by atoms with Crippen LogP contribution in [0.25, 0.3) is 0 Å². The molecule has 0 fully saturated rings. The summed E-state index contributed by atoms with van der Waals surface area (Å²) in [4.78, 5) is 4.44. The molecule has 0 radical (unpaired) electrons. The van der Waals surface area contributed by atoms with Crippen LogP contribution in [0.3, 0.4) is 0 Å². The Labute approximate surface area is 140 Å². The van der Waals surface area contributed by atoms with Gasteiger partial charge < -0.3 is 5.32 Å². The third-order valence-electron chi connectivity index (χ3n) is 3.33. The van der Waals surface area contributed by atoms with Gasteiger partial charge in [0.25, 0.3) is 0 Å². The Morgan fingerprint density at radius 1 is 1.24 bits per heavy atom. The summed E-state index contributed by atoms with van der Waals surface area (Å²) in [5.41, 5.74) is 1.52. The van der Waals surface area contributed by atoms with Crippen molar-refractivity contribution in [1.82, 2.24) is 10.3 Å².